The van der Waals surface area contributed by atoms with E-state index >= 15 is 0 Å². The molecule has 0 bridgehead atoms. The van der Waals surface area contributed by atoms with Crippen molar-refractivity contribution in [3.05, 3.63) is 0 Å². The summed E-state index contributed by atoms with van der Waals surface area (Å²) in [6.45, 7) is 2.42. The van der Waals surface area contributed by atoms with E-state index < -0.39 is 11.6 Å². The number of β-amino-alcohol motifs (C(OH)–C–C–N with tert-alkyl or cyclic N) is 1. The van der Waals surface area contributed by atoms with Crippen molar-refractivity contribution in [1.29, 1.82) is 0 Å². The lowest BCUT2D eigenvalue weighted by Crippen LogP contribution is -2.54. The number of carboxylic acid groups (broad SMARTS) is 1. The lowest BCUT2D eigenvalue weighted by atomic mass is 9.83. The van der Waals surface area contributed by atoms with Crippen LogP contribution in [0.3, 0.4) is 0 Å². The normalized spacial score (nSPS) is 26.3. The van der Waals surface area contributed by atoms with Crippen LogP contribution < -0.4 is 0 Å². The number of rotatable bonds is 4. The van der Waals surface area contributed by atoms with Crippen molar-refractivity contribution in [2.24, 2.45) is 5.92 Å². The van der Waals surface area contributed by atoms with Crippen LogP contribution in [0.1, 0.15) is 38.5 Å². The van der Waals surface area contributed by atoms with Gasteiger partial charge in [0.05, 0.1) is 12.0 Å². The zero-order valence-corrected chi connectivity index (χ0v) is 9.69. The molecule has 1 saturated heterocycles. The Bertz CT molecular complexity index is 255. The topological polar surface area (TPSA) is 60.8 Å². The summed E-state index contributed by atoms with van der Waals surface area (Å²) in [5, 5.41) is 19.0. The Morgan fingerprint density at radius 1 is 1.25 bits per heavy atom. The fourth-order valence-electron chi connectivity index (χ4n) is 2.97. The van der Waals surface area contributed by atoms with Gasteiger partial charge in [-0.25, -0.2) is 0 Å². The minimum absolute atomic E-state index is 0.273. The minimum atomic E-state index is -0.707. The second-order valence-corrected chi connectivity index (χ2v) is 5.44. The molecule has 92 valence electrons. The average Bonchev–Trinajstić information content (AvgIpc) is 2.14. The molecule has 16 heavy (non-hydrogen) atoms. The van der Waals surface area contributed by atoms with Crippen LogP contribution >= 0.6 is 0 Å². The molecule has 1 aliphatic carbocycles. The van der Waals surface area contributed by atoms with E-state index in [0.29, 0.717) is 5.92 Å². The summed E-state index contributed by atoms with van der Waals surface area (Å²) in [7, 11) is 0. The van der Waals surface area contributed by atoms with Crippen LogP contribution in [0.25, 0.3) is 0 Å². The summed E-state index contributed by atoms with van der Waals surface area (Å²) in [6.07, 6.45) is 5.59. The Morgan fingerprint density at radius 2 is 1.88 bits per heavy atom. The van der Waals surface area contributed by atoms with E-state index in [4.69, 9.17) is 5.11 Å². The lowest BCUT2D eigenvalue weighted by molar-refractivity contribution is -0.140. The van der Waals surface area contributed by atoms with Gasteiger partial charge in [-0.2, -0.15) is 0 Å². The Kier molecular flexibility index (Phi) is 3.50. The third-order valence-electron chi connectivity index (χ3n) is 3.80. The molecule has 0 atom stereocenters. The highest BCUT2D eigenvalue weighted by atomic mass is 16.4. The Balaban J connectivity index is 1.70. The molecule has 2 rings (SSSR count). The highest BCUT2D eigenvalue weighted by molar-refractivity contribution is 5.67. The first-order valence-corrected chi connectivity index (χ1v) is 6.24. The number of carbonyl (C=O) groups is 1. The van der Waals surface area contributed by atoms with Crippen molar-refractivity contribution >= 4 is 5.97 Å². The highest BCUT2D eigenvalue weighted by Gasteiger charge is 2.36. The monoisotopic (exact) mass is 227 g/mol. The molecule has 0 radical (unpaired) electrons. The van der Waals surface area contributed by atoms with Gasteiger partial charge in [-0.1, -0.05) is 19.3 Å². The molecule has 0 unspecified atom stereocenters. The SMILES string of the molecule is O=C(O)CC1CN(CC2(O)CCCCC2)C1. The molecule has 1 heterocycles. The quantitative estimate of drug-likeness (QED) is 0.754. The molecular weight excluding hydrogens is 206 g/mol. The predicted octanol–water partition coefficient (Wildman–Crippen LogP) is 1.09. The van der Waals surface area contributed by atoms with Crippen molar-refractivity contribution in [3.63, 3.8) is 0 Å². The van der Waals surface area contributed by atoms with Gasteiger partial charge in [0.2, 0.25) is 0 Å². The zero-order chi connectivity index (χ0) is 11.6. The molecule has 1 saturated carbocycles. The maximum absolute atomic E-state index is 10.5. The van der Waals surface area contributed by atoms with Gasteiger partial charge in [-0.3, -0.25) is 9.69 Å². The summed E-state index contributed by atoms with van der Waals surface area (Å²) >= 11 is 0. The summed E-state index contributed by atoms with van der Waals surface area (Å²) in [5.74, 6) is -0.411. The number of aliphatic hydroxyl groups is 1. The minimum Gasteiger partial charge on any atom is -0.481 e. The van der Waals surface area contributed by atoms with Crippen LogP contribution in [0.5, 0.6) is 0 Å². The van der Waals surface area contributed by atoms with E-state index in [9.17, 15) is 9.90 Å². The van der Waals surface area contributed by atoms with Crippen LogP contribution in [-0.4, -0.2) is 46.3 Å². The van der Waals surface area contributed by atoms with E-state index in [1.807, 2.05) is 0 Å². The van der Waals surface area contributed by atoms with Crippen LogP contribution in [0.2, 0.25) is 0 Å². The van der Waals surface area contributed by atoms with E-state index in [1.54, 1.807) is 0 Å². The summed E-state index contributed by atoms with van der Waals surface area (Å²) < 4.78 is 0. The fourth-order valence-corrected chi connectivity index (χ4v) is 2.97. The number of aliphatic carboxylic acids is 1. The van der Waals surface area contributed by atoms with Crippen molar-refractivity contribution in [2.45, 2.75) is 44.1 Å². The number of hydrogen-bond donors (Lipinski definition) is 2. The molecule has 1 aliphatic heterocycles. The number of carboxylic acids is 1. The van der Waals surface area contributed by atoms with Gasteiger partial charge < -0.3 is 10.2 Å². The molecule has 2 fully saturated rings. The first kappa shape index (κ1) is 11.9. The third kappa shape index (κ3) is 2.95. The number of likely N-dealkylation sites (tertiary alicyclic amines) is 1. The Labute approximate surface area is 96.3 Å². The first-order chi connectivity index (χ1) is 7.57. The molecule has 0 aromatic heterocycles. The molecule has 2 N–H and O–H groups in total. The fraction of sp³-hybridized carbons (Fsp3) is 0.917. The largest absolute Gasteiger partial charge is 0.481 e. The van der Waals surface area contributed by atoms with Gasteiger partial charge in [0.1, 0.15) is 0 Å². The summed E-state index contributed by atoms with van der Waals surface area (Å²) in [6, 6.07) is 0. The van der Waals surface area contributed by atoms with E-state index in [1.165, 1.54) is 6.42 Å². The number of nitrogens with zero attached hydrogens (tertiary/aromatic N) is 1. The molecule has 0 aromatic rings. The standard InChI is InChI=1S/C12H21NO3/c14-11(15)6-10-7-13(8-10)9-12(16)4-2-1-3-5-12/h10,16H,1-9H2,(H,14,15). The first-order valence-electron chi connectivity index (χ1n) is 6.24. The molecule has 0 spiro atoms. The Hall–Kier alpha value is -0.610. The number of hydrogen-bond acceptors (Lipinski definition) is 3. The molecular formula is C12H21NO3. The lowest BCUT2D eigenvalue weighted by Gasteiger charge is -2.44. The van der Waals surface area contributed by atoms with Gasteiger partial charge >= 0.3 is 5.97 Å². The van der Waals surface area contributed by atoms with Crippen molar-refractivity contribution in [1.82, 2.24) is 4.90 Å². The van der Waals surface area contributed by atoms with Crippen molar-refractivity contribution in [3.8, 4) is 0 Å². The van der Waals surface area contributed by atoms with Gasteiger partial charge in [0.25, 0.3) is 0 Å². The molecule has 4 nitrogen and oxygen atoms in total. The zero-order valence-electron chi connectivity index (χ0n) is 9.69. The summed E-state index contributed by atoms with van der Waals surface area (Å²) in [4.78, 5) is 12.7. The Morgan fingerprint density at radius 3 is 2.44 bits per heavy atom. The average molecular weight is 227 g/mol. The van der Waals surface area contributed by atoms with Crippen molar-refractivity contribution < 1.29 is 15.0 Å². The second-order valence-electron chi connectivity index (χ2n) is 5.44. The van der Waals surface area contributed by atoms with Gasteiger partial charge in [-0.05, 0) is 18.8 Å². The molecule has 0 aromatic carbocycles. The van der Waals surface area contributed by atoms with Crippen LogP contribution in [0.15, 0.2) is 0 Å². The highest BCUT2D eigenvalue weighted by Crippen LogP contribution is 2.31. The van der Waals surface area contributed by atoms with Gasteiger partial charge in [-0.15, -0.1) is 0 Å². The van der Waals surface area contributed by atoms with E-state index in [2.05, 4.69) is 4.90 Å². The van der Waals surface area contributed by atoms with Gasteiger partial charge in [0.15, 0.2) is 0 Å². The third-order valence-corrected chi connectivity index (χ3v) is 3.80. The van der Waals surface area contributed by atoms with E-state index in [0.717, 1.165) is 45.3 Å². The van der Waals surface area contributed by atoms with Gasteiger partial charge in [0, 0.05) is 19.6 Å². The van der Waals surface area contributed by atoms with Crippen LogP contribution in [-0.2, 0) is 4.79 Å². The van der Waals surface area contributed by atoms with Crippen LogP contribution in [0.4, 0.5) is 0 Å². The maximum atomic E-state index is 10.5. The molecule has 4 heteroatoms. The smallest absolute Gasteiger partial charge is 0.303 e. The predicted molar refractivity (Wildman–Crippen MR) is 60.2 cm³/mol. The molecule has 2 aliphatic rings. The van der Waals surface area contributed by atoms with Crippen molar-refractivity contribution in [2.75, 3.05) is 19.6 Å². The molecule has 0 amide bonds. The summed E-state index contributed by atoms with van der Waals surface area (Å²) in [5.41, 5.74) is -0.494. The van der Waals surface area contributed by atoms with E-state index in [-0.39, 0.29) is 6.42 Å². The maximum Gasteiger partial charge on any atom is 0.303 e. The second kappa shape index (κ2) is 4.72. The van der Waals surface area contributed by atoms with Crippen LogP contribution in [0, 0.1) is 5.92 Å².